The van der Waals surface area contributed by atoms with Crippen molar-refractivity contribution in [1.29, 1.82) is 0 Å². The minimum atomic E-state index is -0.719. The molecule has 0 heterocycles. The van der Waals surface area contributed by atoms with Crippen molar-refractivity contribution >= 4 is 46.4 Å². The summed E-state index contributed by atoms with van der Waals surface area (Å²) < 4.78 is 13.3. The van der Waals surface area contributed by atoms with Crippen LogP contribution in [0, 0.1) is 5.82 Å². The zero-order valence-corrected chi connectivity index (χ0v) is 16.3. The quantitative estimate of drug-likeness (QED) is 0.418. The fourth-order valence-corrected chi connectivity index (χ4v) is 2.45. The average molecular weight is 398 g/mol. The highest BCUT2D eigenvalue weighted by atomic mass is 35.5. The van der Waals surface area contributed by atoms with Crippen molar-refractivity contribution in [2.75, 3.05) is 5.32 Å². The third-order valence-corrected chi connectivity index (χ3v) is 4.40. The van der Waals surface area contributed by atoms with Crippen LogP contribution in [0.1, 0.15) is 27.7 Å². The molecule has 4 nitrogen and oxygen atoms in total. The highest BCUT2D eigenvalue weighted by molar-refractivity contribution is 6.43. The summed E-state index contributed by atoms with van der Waals surface area (Å²) in [6.45, 7) is 9.38. The summed E-state index contributed by atoms with van der Waals surface area (Å²) in [7, 11) is 0. The highest BCUT2D eigenvalue weighted by Gasteiger charge is 2.22. The summed E-state index contributed by atoms with van der Waals surface area (Å²) in [6, 6.07) is 3.68. The molecule has 0 aliphatic carbocycles. The summed E-state index contributed by atoms with van der Waals surface area (Å²) in [6.07, 6.45) is 0. The molecule has 0 saturated heterocycles. The molecule has 7 heteroatoms. The van der Waals surface area contributed by atoms with Crippen LogP contribution in [-0.2, 0) is 14.4 Å². The lowest BCUT2D eigenvalue weighted by molar-refractivity contribution is -0.133. The molecule has 0 fully saturated rings. The van der Waals surface area contributed by atoms with E-state index >= 15 is 0 Å². The van der Waals surface area contributed by atoms with E-state index in [-0.39, 0.29) is 32.5 Å². The normalized spacial score (nSPS) is 12.7. The van der Waals surface area contributed by atoms with Crippen LogP contribution in [0.5, 0.6) is 0 Å². The maximum Gasteiger partial charge on any atom is 0.257 e. The van der Waals surface area contributed by atoms with Crippen molar-refractivity contribution in [1.82, 2.24) is 0 Å². The summed E-state index contributed by atoms with van der Waals surface area (Å²) in [5, 5.41) is 2.43. The number of amides is 1. The van der Waals surface area contributed by atoms with Crippen molar-refractivity contribution in [2.24, 2.45) is 0 Å². The molecule has 0 aromatic heterocycles. The van der Waals surface area contributed by atoms with Crippen molar-refractivity contribution in [3.05, 3.63) is 62.9 Å². The second-order valence-electron chi connectivity index (χ2n) is 5.69. The zero-order valence-electron chi connectivity index (χ0n) is 14.8. The molecule has 138 valence electrons. The van der Waals surface area contributed by atoms with Gasteiger partial charge < -0.3 is 5.32 Å². The molecule has 0 unspecified atom stereocenters. The Kier molecular flexibility index (Phi) is 7.48. The number of halogens is 3. The first-order valence-electron chi connectivity index (χ1n) is 7.52. The molecule has 0 saturated carbocycles. The SMILES string of the molecule is C=C(C)/C(Cl)=C(C(=O)Nc1ccc(F)c(Cl)c1)\C(C)=C(/C)C(=O)C(C)=O. The lowest BCUT2D eigenvalue weighted by Crippen LogP contribution is -2.20. The predicted octanol–water partition coefficient (Wildman–Crippen LogP) is 4.98. The summed E-state index contributed by atoms with van der Waals surface area (Å²) in [4.78, 5) is 36.0. The van der Waals surface area contributed by atoms with Crippen LogP contribution in [0.2, 0.25) is 5.02 Å². The van der Waals surface area contributed by atoms with Gasteiger partial charge in [-0.15, -0.1) is 0 Å². The fourth-order valence-electron chi connectivity index (χ4n) is 2.04. The molecule has 0 atom stereocenters. The first-order valence-corrected chi connectivity index (χ1v) is 8.28. The largest absolute Gasteiger partial charge is 0.322 e. The summed E-state index contributed by atoms with van der Waals surface area (Å²) >= 11 is 11.9. The Hall–Kier alpha value is -2.24. The van der Waals surface area contributed by atoms with Gasteiger partial charge in [0.1, 0.15) is 5.82 Å². The molecule has 1 aromatic rings. The van der Waals surface area contributed by atoms with E-state index in [9.17, 15) is 18.8 Å². The number of nitrogens with one attached hydrogen (secondary N) is 1. The van der Waals surface area contributed by atoms with E-state index in [4.69, 9.17) is 23.2 Å². The average Bonchev–Trinajstić information content (AvgIpc) is 2.56. The highest BCUT2D eigenvalue weighted by Crippen LogP contribution is 2.28. The van der Waals surface area contributed by atoms with Gasteiger partial charge in [-0.25, -0.2) is 4.39 Å². The molecule has 1 rings (SSSR count). The van der Waals surface area contributed by atoms with E-state index in [2.05, 4.69) is 11.9 Å². The van der Waals surface area contributed by atoms with Crippen LogP contribution in [-0.4, -0.2) is 17.5 Å². The van der Waals surface area contributed by atoms with Crippen LogP contribution in [0.15, 0.2) is 52.1 Å². The molecule has 0 bridgehead atoms. The van der Waals surface area contributed by atoms with Gasteiger partial charge in [-0.1, -0.05) is 29.8 Å². The van der Waals surface area contributed by atoms with Crippen molar-refractivity contribution < 1.29 is 18.8 Å². The van der Waals surface area contributed by atoms with Gasteiger partial charge in [0.05, 0.1) is 15.6 Å². The number of hydrogen-bond acceptors (Lipinski definition) is 3. The maximum absolute atomic E-state index is 13.3. The molecular formula is C19H18Cl2FNO3. The Labute approximate surface area is 161 Å². The molecule has 0 aliphatic heterocycles. The lowest BCUT2D eigenvalue weighted by Gasteiger charge is -2.14. The maximum atomic E-state index is 13.3. The van der Waals surface area contributed by atoms with E-state index in [0.29, 0.717) is 5.57 Å². The molecule has 0 radical (unpaired) electrons. The monoisotopic (exact) mass is 397 g/mol. The summed E-state index contributed by atoms with van der Waals surface area (Å²) in [5.41, 5.74) is 0.972. The number of carbonyl (C=O) groups is 3. The van der Waals surface area contributed by atoms with Gasteiger partial charge in [0.15, 0.2) is 5.78 Å². The van der Waals surface area contributed by atoms with Crippen LogP contribution in [0.25, 0.3) is 0 Å². The number of benzene rings is 1. The number of ketones is 2. The second-order valence-corrected chi connectivity index (χ2v) is 6.47. The van der Waals surface area contributed by atoms with Crippen LogP contribution >= 0.6 is 23.2 Å². The smallest absolute Gasteiger partial charge is 0.257 e. The second kappa shape index (κ2) is 8.92. The van der Waals surface area contributed by atoms with Crippen molar-refractivity contribution in [3.63, 3.8) is 0 Å². The van der Waals surface area contributed by atoms with Gasteiger partial charge in [0.25, 0.3) is 5.91 Å². The van der Waals surface area contributed by atoms with Gasteiger partial charge in [-0.2, -0.15) is 0 Å². The predicted molar refractivity (Wildman–Crippen MR) is 102 cm³/mol. The summed E-state index contributed by atoms with van der Waals surface area (Å²) in [5.74, 6) is -2.64. The number of Topliss-reactive ketones (excluding diaryl/α,β-unsaturated/α-hetero) is 2. The Morgan fingerprint density at radius 3 is 2.12 bits per heavy atom. The van der Waals surface area contributed by atoms with Crippen LogP contribution in [0.4, 0.5) is 10.1 Å². The molecule has 1 N–H and O–H groups in total. The first kappa shape index (κ1) is 21.8. The lowest BCUT2D eigenvalue weighted by atomic mass is 9.96. The molecule has 0 aliphatic rings. The molecule has 1 amide bonds. The zero-order chi connectivity index (χ0) is 20.2. The first-order chi connectivity index (χ1) is 12.0. The van der Waals surface area contributed by atoms with Crippen LogP contribution < -0.4 is 5.32 Å². The van der Waals surface area contributed by atoms with E-state index in [1.807, 2.05) is 0 Å². The number of carbonyl (C=O) groups excluding carboxylic acids is 3. The number of anilines is 1. The molecule has 26 heavy (non-hydrogen) atoms. The van der Waals surface area contributed by atoms with Gasteiger partial charge in [0.2, 0.25) is 5.78 Å². The molecular weight excluding hydrogens is 380 g/mol. The number of rotatable bonds is 6. The Morgan fingerprint density at radius 1 is 1.08 bits per heavy atom. The van der Waals surface area contributed by atoms with Gasteiger partial charge in [0, 0.05) is 18.2 Å². The van der Waals surface area contributed by atoms with Gasteiger partial charge in [-0.3, -0.25) is 14.4 Å². The van der Waals surface area contributed by atoms with Gasteiger partial charge >= 0.3 is 0 Å². The van der Waals surface area contributed by atoms with E-state index < -0.39 is 23.3 Å². The van der Waals surface area contributed by atoms with Crippen molar-refractivity contribution in [3.8, 4) is 0 Å². The minimum Gasteiger partial charge on any atom is -0.322 e. The third kappa shape index (κ3) is 5.13. The Bertz CT molecular complexity index is 870. The number of hydrogen-bond donors (Lipinski definition) is 1. The van der Waals surface area contributed by atoms with Crippen molar-refractivity contribution in [2.45, 2.75) is 27.7 Å². The van der Waals surface area contributed by atoms with Crippen LogP contribution in [0.3, 0.4) is 0 Å². The minimum absolute atomic E-state index is 0.00767. The topological polar surface area (TPSA) is 63.2 Å². The van der Waals surface area contributed by atoms with E-state index in [0.717, 1.165) is 13.0 Å². The Morgan fingerprint density at radius 2 is 1.65 bits per heavy atom. The standard InChI is InChI=1S/C19H18Cl2FNO3/c1-9(2)17(21)16(10(3)11(4)18(25)12(5)24)19(26)23-13-6-7-15(22)14(20)8-13/h6-8H,1H2,2-5H3,(H,23,26)/b11-10+,17-16-. The third-order valence-electron chi connectivity index (χ3n) is 3.60. The van der Waals surface area contributed by atoms with E-state index in [1.54, 1.807) is 6.92 Å². The molecule has 1 aromatic carbocycles. The van der Waals surface area contributed by atoms with Gasteiger partial charge in [-0.05, 0) is 50.1 Å². The Balaban J connectivity index is 3.42. The number of allylic oxidation sites excluding steroid dienone is 3. The van der Waals surface area contributed by atoms with E-state index in [1.165, 1.54) is 26.0 Å². The fraction of sp³-hybridized carbons (Fsp3) is 0.211. The molecule has 0 spiro atoms.